The number of rotatable bonds is 2. The first kappa shape index (κ1) is 20.9. The van der Waals surface area contributed by atoms with Crippen LogP contribution in [0, 0.1) is 5.41 Å². The molecule has 0 saturated carbocycles. The van der Waals surface area contributed by atoms with Gasteiger partial charge >= 0.3 is 0 Å². The minimum Gasteiger partial charge on any atom is -0.376 e. The Labute approximate surface area is 190 Å². The van der Waals surface area contributed by atoms with Gasteiger partial charge in [0.2, 0.25) is 5.95 Å². The van der Waals surface area contributed by atoms with Gasteiger partial charge in [-0.25, -0.2) is 9.97 Å². The molecule has 0 amide bonds. The predicted molar refractivity (Wildman–Crippen MR) is 120 cm³/mol. The molecule has 2 aromatic rings. The van der Waals surface area contributed by atoms with E-state index in [0.29, 0.717) is 51.8 Å². The van der Waals surface area contributed by atoms with Crippen LogP contribution in [0.4, 0.5) is 5.95 Å². The van der Waals surface area contributed by atoms with Crippen LogP contribution in [-0.4, -0.2) is 52.1 Å². The van der Waals surface area contributed by atoms with Gasteiger partial charge in [-0.2, -0.15) is 0 Å². The Bertz CT molecular complexity index is 1140. The summed E-state index contributed by atoms with van der Waals surface area (Å²) >= 11 is 12.4. The number of aliphatic imine (C=N–C) groups is 1. The van der Waals surface area contributed by atoms with Gasteiger partial charge in [0, 0.05) is 43.4 Å². The van der Waals surface area contributed by atoms with Crippen molar-refractivity contribution in [2.45, 2.75) is 38.5 Å². The van der Waals surface area contributed by atoms with Crippen molar-refractivity contribution in [1.29, 1.82) is 0 Å². The van der Waals surface area contributed by atoms with Crippen LogP contribution in [-0.2, 0) is 18.3 Å². The molecule has 10 heteroatoms. The number of pyridine rings is 1. The molecule has 0 unspecified atom stereocenters. The van der Waals surface area contributed by atoms with Crippen LogP contribution in [0.1, 0.15) is 36.6 Å². The van der Waals surface area contributed by atoms with E-state index in [2.05, 4.69) is 14.9 Å². The average molecular weight is 463 g/mol. The minimum absolute atomic E-state index is 0.0130. The predicted octanol–water partition coefficient (Wildman–Crippen LogP) is 2.17. The summed E-state index contributed by atoms with van der Waals surface area (Å²) in [5.41, 5.74) is 8.56. The first-order chi connectivity index (χ1) is 14.8. The third-order valence-electron chi connectivity index (χ3n) is 6.93. The second-order valence-electron chi connectivity index (χ2n) is 8.64. The normalized spacial score (nSPS) is 24.5. The van der Waals surface area contributed by atoms with Gasteiger partial charge in [0.25, 0.3) is 5.56 Å². The molecule has 0 radical (unpaired) electrons. The zero-order valence-corrected chi connectivity index (χ0v) is 18.9. The lowest BCUT2D eigenvalue weighted by atomic mass is 9.73. The number of hydrogen-bond donors (Lipinski definition) is 1. The Morgan fingerprint density at radius 1 is 1.29 bits per heavy atom. The summed E-state index contributed by atoms with van der Waals surface area (Å²) in [6.45, 7) is 4.63. The molecule has 0 aliphatic carbocycles. The number of hydrogen-bond acceptors (Lipinski definition) is 7. The highest BCUT2D eigenvalue weighted by Crippen LogP contribution is 2.41. The van der Waals surface area contributed by atoms with Crippen molar-refractivity contribution in [2.24, 2.45) is 23.2 Å². The number of nitrogens with two attached hydrogens (primary N) is 1. The third-order valence-corrected chi connectivity index (χ3v) is 7.44. The van der Waals surface area contributed by atoms with Crippen molar-refractivity contribution in [2.75, 3.05) is 24.6 Å². The Morgan fingerprint density at radius 2 is 2.03 bits per heavy atom. The van der Waals surface area contributed by atoms with E-state index in [1.54, 1.807) is 17.7 Å². The van der Waals surface area contributed by atoms with Gasteiger partial charge < -0.3 is 15.4 Å². The molecule has 3 aliphatic heterocycles. The zero-order chi connectivity index (χ0) is 21.9. The molecule has 31 heavy (non-hydrogen) atoms. The summed E-state index contributed by atoms with van der Waals surface area (Å²) in [5.74, 6) is 0.662. The smallest absolute Gasteiger partial charge is 0.264 e. The molecule has 3 aliphatic rings. The minimum atomic E-state index is -0.143. The maximum atomic E-state index is 13.3. The Kier molecular flexibility index (Phi) is 5.08. The quantitative estimate of drug-likeness (QED) is 0.686. The fraction of sp³-hybridized carbons (Fsp3) is 0.524. The molecule has 164 valence electrons. The van der Waals surface area contributed by atoms with E-state index < -0.39 is 0 Å². The summed E-state index contributed by atoms with van der Waals surface area (Å²) in [6, 6.07) is 1.67. The summed E-state index contributed by atoms with van der Waals surface area (Å²) < 4.78 is 7.42. The van der Waals surface area contributed by atoms with Crippen molar-refractivity contribution in [3.05, 3.63) is 49.6 Å². The van der Waals surface area contributed by atoms with E-state index in [-0.39, 0.29) is 23.1 Å². The fourth-order valence-corrected chi connectivity index (χ4v) is 5.29. The number of aromatic nitrogens is 3. The van der Waals surface area contributed by atoms with E-state index >= 15 is 0 Å². The SMILES string of the molecule is C[C@@H]1OCC2(CCN(c3nc4c(c(=O)n3C)C(c3cc(Cl)ncc3Cl)=NC4)CC2)[C@@H]1N. The van der Waals surface area contributed by atoms with E-state index in [1.807, 2.05) is 6.92 Å². The van der Waals surface area contributed by atoms with Crippen LogP contribution < -0.4 is 16.2 Å². The van der Waals surface area contributed by atoms with Crippen LogP contribution in [0.3, 0.4) is 0 Å². The molecule has 2 N–H and O–H groups in total. The van der Waals surface area contributed by atoms with Crippen molar-refractivity contribution in [1.82, 2.24) is 14.5 Å². The summed E-state index contributed by atoms with van der Waals surface area (Å²) in [5, 5.41) is 0.690. The van der Waals surface area contributed by atoms with Crippen LogP contribution in [0.5, 0.6) is 0 Å². The van der Waals surface area contributed by atoms with Crippen molar-refractivity contribution < 1.29 is 4.74 Å². The number of fused-ring (bicyclic) bond motifs is 1. The maximum absolute atomic E-state index is 13.3. The van der Waals surface area contributed by atoms with Gasteiger partial charge in [0.05, 0.1) is 41.2 Å². The molecule has 2 fully saturated rings. The topological polar surface area (TPSA) is 98.6 Å². The monoisotopic (exact) mass is 462 g/mol. The molecule has 5 heterocycles. The molecular weight excluding hydrogens is 439 g/mol. The van der Waals surface area contributed by atoms with E-state index in [0.717, 1.165) is 25.9 Å². The van der Waals surface area contributed by atoms with Gasteiger partial charge in [-0.15, -0.1) is 0 Å². The second kappa shape index (κ2) is 7.55. The number of halogens is 2. The highest BCUT2D eigenvalue weighted by atomic mass is 35.5. The van der Waals surface area contributed by atoms with Crippen LogP contribution in [0.25, 0.3) is 0 Å². The highest BCUT2D eigenvalue weighted by Gasteiger charge is 2.48. The average Bonchev–Trinajstić information content (AvgIpc) is 3.30. The van der Waals surface area contributed by atoms with E-state index in [9.17, 15) is 4.79 Å². The molecule has 8 nitrogen and oxygen atoms in total. The molecule has 0 aromatic carbocycles. The summed E-state index contributed by atoms with van der Waals surface area (Å²) in [4.78, 5) is 28.9. The molecular formula is C21H24Cl2N6O2. The highest BCUT2D eigenvalue weighted by molar-refractivity contribution is 6.36. The molecule has 2 saturated heterocycles. The van der Waals surface area contributed by atoms with E-state index in [4.69, 9.17) is 38.7 Å². The number of piperidine rings is 1. The molecule has 5 rings (SSSR count). The van der Waals surface area contributed by atoms with Gasteiger partial charge in [0.1, 0.15) is 5.15 Å². The second-order valence-corrected chi connectivity index (χ2v) is 9.44. The molecule has 0 bridgehead atoms. The first-order valence-electron chi connectivity index (χ1n) is 10.4. The Hall–Kier alpha value is -2.00. The molecule has 2 atom stereocenters. The first-order valence-corrected chi connectivity index (χ1v) is 11.1. The lowest BCUT2D eigenvalue weighted by Gasteiger charge is -2.41. The van der Waals surface area contributed by atoms with Crippen LogP contribution in [0.15, 0.2) is 22.1 Å². The van der Waals surface area contributed by atoms with Gasteiger partial charge in [-0.05, 0) is 25.8 Å². The summed E-state index contributed by atoms with van der Waals surface area (Å²) in [6.07, 6.45) is 3.38. The summed E-state index contributed by atoms with van der Waals surface area (Å²) in [7, 11) is 1.75. The fourth-order valence-electron chi connectivity index (χ4n) is 4.94. The number of anilines is 1. The number of nitrogens with zero attached hydrogens (tertiary/aromatic N) is 5. The maximum Gasteiger partial charge on any atom is 0.264 e. The van der Waals surface area contributed by atoms with Gasteiger partial charge in [-0.3, -0.25) is 14.4 Å². The zero-order valence-electron chi connectivity index (χ0n) is 17.4. The van der Waals surface area contributed by atoms with Crippen LogP contribution in [0.2, 0.25) is 10.2 Å². The third kappa shape index (κ3) is 3.28. The Morgan fingerprint density at radius 3 is 2.71 bits per heavy atom. The van der Waals surface area contributed by atoms with Crippen molar-refractivity contribution >= 4 is 34.9 Å². The Balaban J connectivity index is 1.45. The number of ether oxygens (including phenoxy) is 1. The molecule has 1 spiro atoms. The standard InChI is InChI=1S/C21H24Cl2N6O2/c1-11-18(24)21(10-31-11)3-5-29(6-4-21)20-27-14-9-26-17(16(14)19(30)28(20)2)12-7-15(23)25-8-13(12)22/h7-8,11,18H,3-6,9-10,24H2,1-2H3/t11-,18+/m0/s1. The lowest BCUT2D eigenvalue weighted by molar-refractivity contribution is 0.0973. The van der Waals surface area contributed by atoms with E-state index in [1.165, 1.54) is 6.20 Å². The molecule has 2 aromatic heterocycles. The van der Waals surface area contributed by atoms with Crippen molar-refractivity contribution in [3.63, 3.8) is 0 Å². The van der Waals surface area contributed by atoms with Gasteiger partial charge in [0.15, 0.2) is 0 Å². The van der Waals surface area contributed by atoms with Crippen LogP contribution >= 0.6 is 23.2 Å². The van der Waals surface area contributed by atoms with Gasteiger partial charge in [-0.1, -0.05) is 23.2 Å². The van der Waals surface area contributed by atoms with Crippen molar-refractivity contribution in [3.8, 4) is 0 Å². The largest absolute Gasteiger partial charge is 0.376 e. The lowest BCUT2D eigenvalue weighted by Crippen LogP contribution is -2.51.